The fourth-order valence-electron chi connectivity index (χ4n) is 1.27. The number of imidazole rings is 1. The Kier molecular flexibility index (Phi) is 4.23. The molecule has 3 N–H and O–H groups in total. The van der Waals surface area contributed by atoms with Crippen LogP contribution >= 0.6 is 12.2 Å². The molecule has 6 nitrogen and oxygen atoms in total. The van der Waals surface area contributed by atoms with Gasteiger partial charge >= 0.3 is 0 Å². The predicted molar refractivity (Wildman–Crippen MR) is 69.1 cm³/mol. The minimum Gasteiger partial charge on any atom is -0.393 e. The number of sulfonamides is 1. The summed E-state index contributed by atoms with van der Waals surface area (Å²) in [4.78, 5) is 6.86. The maximum Gasteiger partial charge on any atom is 0.259 e. The molecule has 0 spiro atoms. The standard InChI is InChI=1S/C9H16N4O2S2/c1-6(9(10)16)5-13(3)17(14,15)8-4-11-7(2)12-8/h4,6H,5H2,1-3H3,(H2,10,16)(H,11,12). The van der Waals surface area contributed by atoms with E-state index in [0.717, 1.165) is 0 Å². The van der Waals surface area contributed by atoms with E-state index < -0.39 is 10.0 Å². The molecule has 96 valence electrons. The number of nitrogens with zero attached hydrogens (tertiary/aromatic N) is 2. The monoisotopic (exact) mass is 276 g/mol. The van der Waals surface area contributed by atoms with Crippen LogP contribution in [0.4, 0.5) is 0 Å². The van der Waals surface area contributed by atoms with E-state index >= 15 is 0 Å². The molecule has 1 unspecified atom stereocenters. The van der Waals surface area contributed by atoms with Crippen molar-refractivity contribution in [3.05, 3.63) is 12.0 Å². The summed E-state index contributed by atoms with van der Waals surface area (Å²) in [5.74, 6) is 0.383. The summed E-state index contributed by atoms with van der Waals surface area (Å²) in [7, 11) is -2.06. The van der Waals surface area contributed by atoms with E-state index in [1.165, 1.54) is 17.5 Å². The Morgan fingerprint density at radius 3 is 2.71 bits per heavy atom. The fourth-order valence-corrected chi connectivity index (χ4v) is 2.56. The lowest BCUT2D eigenvalue weighted by molar-refractivity contribution is 0.443. The summed E-state index contributed by atoms with van der Waals surface area (Å²) in [6.07, 6.45) is 1.30. The maximum absolute atomic E-state index is 12.1. The van der Waals surface area contributed by atoms with Crippen molar-refractivity contribution >= 4 is 27.2 Å². The van der Waals surface area contributed by atoms with Gasteiger partial charge < -0.3 is 10.7 Å². The van der Waals surface area contributed by atoms with Crippen LogP contribution in [0.15, 0.2) is 11.2 Å². The highest BCUT2D eigenvalue weighted by Gasteiger charge is 2.24. The predicted octanol–water partition coefficient (Wildman–Crippen LogP) is 0.261. The molecular weight excluding hydrogens is 260 g/mol. The topological polar surface area (TPSA) is 92.1 Å². The molecule has 1 atom stereocenters. The Balaban J connectivity index is 2.88. The van der Waals surface area contributed by atoms with Gasteiger partial charge in [0, 0.05) is 19.5 Å². The number of hydrogen-bond donors (Lipinski definition) is 2. The largest absolute Gasteiger partial charge is 0.393 e. The van der Waals surface area contributed by atoms with Crippen LogP contribution in [0.25, 0.3) is 0 Å². The summed E-state index contributed by atoms with van der Waals surface area (Å²) in [6, 6.07) is 0. The van der Waals surface area contributed by atoms with Crippen molar-refractivity contribution < 1.29 is 8.42 Å². The van der Waals surface area contributed by atoms with E-state index in [4.69, 9.17) is 18.0 Å². The normalized spacial score (nSPS) is 13.9. The number of aromatic amines is 1. The summed E-state index contributed by atoms with van der Waals surface area (Å²) in [5.41, 5.74) is 5.46. The first-order valence-electron chi connectivity index (χ1n) is 5.02. The minimum atomic E-state index is -3.55. The van der Waals surface area contributed by atoms with E-state index in [9.17, 15) is 8.42 Å². The second kappa shape index (κ2) is 5.11. The van der Waals surface area contributed by atoms with Gasteiger partial charge in [-0.1, -0.05) is 19.1 Å². The molecule has 0 radical (unpaired) electrons. The number of H-pyrrole nitrogens is 1. The van der Waals surface area contributed by atoms with Crippen molar-refractivity contribution in [3.63, 3.8) is 0 Å². The first kappa shape index (κ1) is 14.1. The highest BCUT2D eigenvalue weighted by Crippen LogP contribution is 2.13. The number of thiocarbonyl (C=S) groups is 1. The molecule has 1 aromatic rings. The van der Waals surface area contributed by atoms with E-state index in [2.05, 4.69) is 9.97 Å². The number of nitrogens with two attached hydrogens (primary N) is 1. The van der Waals surface area contributed by atoms with E-state index in [1.807, 2.05) is 0 Å². The summed E-state index contributed by atoms with van der Waals surface area (Å²) in [5, 5.41) is 0.0765. The highest BCUT2D eigenvalue weighted by atomic mass is 32.2. The number of aromatic nitrogens is 2. The number of rotatable bonds is 5. The number of hydrogen-bond acceptors (Lipinski definition) is 4. The van der Waals surface area contributed by atoms with Crippen molar-refractivity contribution in [2.24, 2.45) is 11.7 Å². The van der Waals surface area contributed by atoms with Gasteiger partial charge in [-0.15, -0.1) is 0 Å². The number of aryl methyl sites for hydroxylation is 1. The van der Waals surface area contributed by atoms with Gasteiger partial charge in [0.05, 0.1) is 11.2 Å². The van der Waals surface area contributed by atoms with Gasteiger partial charge in [0.2, 0.25) is 0 Å². The first-order valence-corrected chi connectivity index (χ1v) is 6.87. The number of nitrogens with one attached hydrogen (secondary N) is 1. The summed E-state index contributed by atoms with van der Waals surface area (Å²) in [6.45, 7) is 3.72. The van der Waals surface area contributed by atoms with Gasteiger partial charge in [-0.2, -0.15) is 4.31 Å². The summed E-state index contributed by atoms with van der Waals surface area (Å²) < 4.78 is 25.4. The van der Waals surface area contributed by atoms with Gasteiger partial charge in [-0.25, -0.2) is 13.4 Å². The SMILES string of the molecule is Cc1ncc(S(=O)(=O)N(C)CC(C)C(N)=S)[nH]1. The van der Waals surface area contributed by atoms with Crippen molar-refractivity contribution in [2.75, 3.05) is 13.6 Å². The molecule has 1 heterocycles. The molecule has 0 saturated heterocycles. The van der Waals surface area contributed by atoms with Crippen LogP contribution in [0.5, 0.6) is 0 Å². The summed E-state index contributed by atoms with van der Waals surface area (Å²) >= 11 is 4.82. The van der Waals surface area contributed by atoms with Gasteiger partial charge in [-0.05, 0) is 6.92 Å². The molecule has 0 aliphatic carbocycles. The van der Waals surface area contributed by atoms with Gasteiger partial charge in [0.1, 0.15) is 5.82 Å². The lowest BCUT2D eigenvalue weighted by Gasteiger charge is -2.19. The van der Waals surface area contributed by atoms with Gasteiger partial charge in [0.25, 0.3) is 10.0 Å². The molecule has 1 aromatic heterocycles. The Bertz CT molecular complexity index is 509. The Morgan fingerprint density at radius 2 is 2.29 bits per heavy atom. The smallest absolute Gasteiger partial charge is 0.259 e. The second-order valence-electron chi connectivity index (χ2n) is 3.92. The van der Waals surface area contributed by atoms with Crippen molar-refractivity contribution in [1.82, 2.24) is 14.3 Å². The van der Waals surface area contributed by atoms with Crippen LogP contribution in [0.1, 0.15) is 12.7 Å². The quantitative estimate of drug-likeness (QED) is 0.753. The fraction of sp³-hybridized carbons (Fsp3) is 0.556. The van der Waals surface area contributed by atoms with Gasteiger partial charge in [-0.3, -0.25) is 0 Å². The van der Waals surface area contributed by atoms with Crippen LogP contribution in [0.3, 0.4) is 0 Å². The average Bonchev–Trinajstić information content (AvgIpc) is 2.64. The molecular formula is C9H16N4O2S2. The Labute approximate surface area is 106 Å². The Hall–Kier alpha value is -0.990. The average molecular weight is 276 g/mol. The van der Waals surface area contributed by atoms with Crippen LogP contribution in [-0.4, -0.2) is 41.3 Å². The zero-order valence-electron chi connectivity index (χ0n) is 9.97. The van der Waals surface area contributed by atoms with Crippen molar-refractivity contribution in [2.45, 2.75) is 18.9 Å². The first-order chi connectivity index (χ1) is 7.75. The second-order valence-corrected chi connectivity index (χ2v) is 6.41. The Morgan fingerprint density at radius 1 is 1.71 bits per heavy atom. The molecule has 0 aromatic carbocycles. The van der Waals surface area contributed by atoms with Crippen molar-refractivity contribution in [3.8, 4) is 0 Å². The van der Waals surface area contributed by atoms with Gasteiger partial charge in [0.15, 0.2) is 5.03 Å². The molecule has 1 rings (SSSR count). The third kappa shape index (κ3) is 3.24. The van der Waals surface area contributed by atoms with Crippen molar-refractivity contribution in [1.29, 1.82) is 0 Å². The van der Waals surface area contributed by atoms with Crippen LogP contribution < -0.4 is 5.73 Å². The molecule has 0 fully saturated rings. The molecule has 0 aliphatic heterocycles. The molecule has 0 bridgehead atoms. The van der Waals surface area contributed by atoms with E-state index in [0.29, 0.717) is 10.8 Å². The molecule has 0 aliphatic rings. The third-order valence-corrected chi connectivity index (χ3v) is 4.52. The zero-order valence-corrected chi connectivity index (χ0v) is 11.6. The molecule has 0 amide bonds. The molecule has 0 saturated carbocycles. The van der Waals surface area contributed by atoms with Crippen LogP contribution in [-0.2, 0) is 10.0 Å². The lowest BCUT2D eigenvalue weighted by atomic mass is 10.2. The molecule has 17 heavy (non-hydrogen) atoms. The third-order valence-electron chi connectivity index (χ3n) is 2.38. The lowest BCUT2D eigenvalue weighted by Crippen LogP contribution is -2.35. The van der Waals surface area contributed by atoms with E-state index in [1.54, 1.807) is 13.8 Å². The maximum atomic E-state index is 12.1. The molecule has 8 heteroatoms. The zero-order chi connectivity index (χ0) is 13.2. The van der Waals surface area contributed by atoms with E-state index in [-0.39, 0.29) is 17.5 Å². The van der Waals surface area contributed by atoms with Crippen LogP contribution in [0.2, 0.25) is 0 Å². The van der Waals surface area contributed by atoms with Crippen LogP contribution in [0, 0.1) is 12.8 Å². The minimum absolute atomic E-state index is 0.0765. The highest BCUT2D eigenvalue weighted by molar-refractivity contribution is 7.89.